The number of aromatic hydroxyl groups is 1. The van der Waals surface area contributed by atoms with Crippen molar-refractivity contribution in [2.24, 2.45) is 52.9 Å². The number of primary amides is 1. The number of aliphatic hydroxyl groups excluding tert-OH is 1. The molecule has 4 bridgehead atoms. The summed E-state index contributed by atoms with van der Waals surface area (Å²) in [6.45, 7) is 27.2. The zero-order valence-electron chi connectivity index (χ0n) is 70.9. The molecule has 0 unspecified atom stereocenters. The molecule has 32 nitrogen and oxygen atoms in total. The summed E-state index contributed by atoms with van der Waals surface area (Å²) in [7, 11) is 5.55. The van der Waals surface area contributed by atoms with Crippen LogP contribution in [0.5, 0.6) is 17.2 Å². The van der Waals surface area contributed by atoms with Crippen molar-refractivity contribution < 1.29 is 114 Å². The molecule has 5 aromatic rings. The molecule has 0 radical (unpaired) electrons. The molecule has 0 aliphatic carbocycles. The van der Waals surface area contributed by atoms with E-state index in [1.807, 2.05) is 74.7 Å². The van der Waals surface area contributed by atoms with Gasteiger partial charge in [-0.3, -0.25) is 33.6 Å². The van der Waals surface area contributed by atoms with Gasteiger partial charge >= 0.3 is 17.8 Å². The number of quaternary nitrogens is 1. The number of phenolic OH excluding ortho intramolecular Hbond substituents is 1. The minimum absolute atomic E-state index is 0.00871. The molecule has 0 fully saturated rings. The SMILES string of the molecule is CO[C@H]1/C=C/O[C@@]2(C)Oc3c(C)c(=O)c4c(O)c(c5oc6cc(OCC[N+](C)(C)Cc7ccc(NC(=O)[C@H](CCCNC(N)=O)CC(=O)[C@@H](NC(=O)CCOCCOCCOCCOCCOCCOCCOCCOCCN)C(C)C)cc7)ccc6nc5c4c3C2=O)NC(=O)/C(C)=C\C=C\[C@H](C)[C@H](O)[C@@H](C)[C@@H](C)[C@@H](C)[C@H](OC(C)=O)[C@@H]1C. The lowest BCUT2D eigenvalue weighted by atomic mass is 9.73. The molecular weight excluding hydrogens is 1530 g/mol. The highest BCUT2D eigenvalue weighted by atomic mass is 16.7. The first kappa shape index (κ1) is 96.1. The van der Waals surface area contributed by atoms with Crippen LogP contribution in [-0.4, -0.2) is 244 Å². The third-order valence-corrected chi connectivity index (χ3v) is 21.2. The number of ketones is 2. The second-order valence-corrected chi connectivity index (χ2v) is 31.1. The maximum atomic E-state index is 15.1. The summed E-state index contributed by atoms with van der Waals surface area (Å²) < 4.78 is 81.8. The zero-order chi connectivity index (χ0) is 86.2. The number of esters is 1. The Hall–Kier alpha value is -9.03. The standard InChI is InChI=1S/C86H124N8O24/c1-52(2)73(92-69(97)27-31-106-35-37-108-39-41-110-43-45-112-47-48-113-46-44-111-42-40-109-38-36-107-33-28-87)66(96)49-62(19-16-29-89-85(88)104)84(103)90-63-22-20-61(21-23-63)51-94(12,13)30-34-114-64-24-25-65-68(50-64)117-81-74(91-65)70-71-77(99)59(9)80-72(70)82(101)86(11,118-80)115-32-26-67(105-14)58(8)79(116-60(10)95)57(7)55(5)56(6)76(98)53(3)17-15-18-54(4)83(102)93-75(81)78(71)100/h15,17-18,20-26,32,50,52-53,55-58,62,67,73,76,79,98H,16,19,27-31,33-49,51,87H2,1-14H3,(H6-,88,89,90,91,92,93,97,99,100,101,102,103,104)/p+1/b17-15+,32-26+,54-18-/t53-,55+,56-,57+,58+,62+,67-,73-,76-,79-,86-/m0/s1. The van der Waals surface area contributed by atoms with Gasteiger partial charge in [0.15, 0.2) is 28.1 Å². The van der Waals surface area contributed by atoms with E-state index in [-0.39, 0.29) is 149 Å². The summed E-state index contributed by atoms with van der Waals surface area (Å²) in [5.74, 6) is -8.40. The van der Waals surface area contributed by atoms with Crippen LogP contribution in [0.4, 0.5) is 16.2 Å². The summed E-state index contributed by atoms with van der Waals surface area (Å²) in [5.41, 5.74) is 11.2. The van der Waals surface area contributed by atoms with E-state index in [2.05, 4.69) is 21.3 Å². The molecule has 652 valence electrons. The van der Waals surface area contributed by atoms with Crippen molar-refractivity contribution in [1.29, 1.82) is 0 Å². The van der Waals surface area contributed by atoms with Crippen LogP contribution >= 0.6 is 0 Å². The van der Waals surface area contributed by atoms with Crippen molar-refractivity contribution in [3.05, 3.63) is 106 Å². The van der Waals surface area contributed by atoms with Gasteiger partial charge < -0.3 is 113 Å². The molecule has 0 saturated carbocycles. The summed E-state index contributed by atoms with van der Waals surface area (Å²) in [5, 5.41) is 34.8. The number of aliphatic hydroxyl groups is 1. The Balaban J connectivity index is 0.952. The molecule has 1 aromatic heterocycles. The number of nitrogens with two attached hydrogens (primary N) is 2. The highest BCUT2D eigenvalue weighted by Gasteiger charge is 2.50. The number of methoxy groups -OCH3 is 1. The molecule has 118 heavy (non-hydrogen) atoms. The Morgan fingerprint density at radius 1 is 0.754 bits per heavy atom. The van der Waals surface area contributed by atoms with Crippen LogP contribution < -0.4 is 47.6 Å². The maximum Gasteiger partial charge on any atom is 0.312 e. The second kappa shape index (κ2) is 47.7. The number of ether oxygens (including phenoxy) is 13. The smallest absolute Gasteiger partial charge is 0.312 e. The van der Waals surface area contributed by atoms with Crippen LogP contribution in [0.15, 0.2) is 87.8 Å². The quantitative estimate of drug-likeness (QED) is 0.00452. The highest BCUT2D eigenvalue weighted by molar-refractivity contribution is 6.26. The Kier molecular flexibility index (Phi) is 38.8. The topological polar surface area (TPSA) is 423 Å². The first-order chi connectivity index (χ1) is 56.3. The summed E-state index contributed by atoms with van der Waals surface area (Å²) >= 11 is 0. The number of nitrogens with zero attached hydrogens (tertiary/aromatic N) is 2. The zero-order valence-corrected chi connectivity index (χ0v) is 70.9. The van der Waals surface area contributed by atoms with E-state index < -0.39 is 88.7 Å². The van der Waals surface area contributed by atoms with Crippen molar-refractivity contribution >= 4 is 85.6 Å². The third-order valence-electron chi connectivity index (χ3n) is 21.2. The molecule has 3 heterocycles. The minimum Gasteiger partial charge on any atom is -0.505 e. The van der Waals surface area contributed by atoms with Crippen LogP contribution in [-0.2, 0) is 82.6 Å². The van der Waals surface area contributed by atoms with Gasteiger partial charge in [0.25, 0.3) is 11.7 Å². The van der Waals surface area contributed by atoms with Gasteiger partial charge in [0.1, 0.15) is 54.0 Å². The molecule has 7 rings (SSSR count). The Morgan fingerprint density at radius 3 is 1.92 bits per heavy atom. The predicted octanol–water partition coefficient (Wildman–Crippen LogP) is 8.51. The Morgan fingerprint density at radius 2 is 1.35 bits per heavy atom. The Bertz CT molecular complexity index is 4300. The summed E-state index contributed by atoms with van der Waals surface area (Å²) in [6, 6.07) is 10.6. The van der Waals surface area contributed by atoms with Gasteiger partial charge in [-0.1, -0.05) is 78.8 Å². The van der Waals surface area contributed by atoms with Gasteiger partial charge in [-0.25, -0.2) is 9.78 Å². The lowest BCUT2D eigenvalue weighted by Gasteiger charge is -2.39. The molecule has 10 N–H and O–H groups in total. The van der Waals surface area contributed by atoms with Crippen molar-refractivity contribution in [3.8, 4) is 17.2 Å². The van der Waals surface area contributed by atoms with Crippen LogP contribution in [0.2, 0.25) is 0 Å². The first-order valence-electron chi connectivity index (χ1n) is 40.6. The highest BCUT2D eigenvalue weighted by Crippen LogP contribution is 2.49. The molecule has 4 aromatic carbocycles. The average molecular weight is 1650 g/mol. The van der Waals surface area contributed by atoms with E-state index in [0.29, 0.717) is 128 Å². The number of phenols is 1. The number of urea groups is 1. The molecule has 2 aliphatic heterocycles. The van der Waals surface area contributed by atoms with E-state index in [0.717, 1.165) is 5.56 Å². The molecule has 11 atom stereocenters. The number of likely N-dealkylation sites (N-methyl/N-ethyl adjacent to an activating group) is 1. The van der Waals surface area contributed by atoms with E-state index >= 15 is 4.79 Å². The third kappa shape index (κ3) is 28.3. The van der Waals surface area contributed by atoms with Gasteiger partial charge in [0.2, 0.25) is 11.8 Å². The fraction of sp³-hybridized carbons (Fsp3) is 0.593. The van der Waals surface area contributed by atoms with Gasteiger partial charge in [0.05, 0.1) is 155 Å². The number of hydrogen-bond acceptors (Lipinski definition) is 26. The number of Topliss-reactive ketones (excluding diaryl/α,β-unsaturated/α-hetero) is 2. The van der Waals surface area contributed by atoms with E-state index in [1.54, 1.807) is 61.6 Å². The van der Waals surface area contributed by atoms with E-state index in [9.17, 15) is 43.8 Å². The Labute approximate surface area is 690 Å². The summed E-state index contributed by atoms with van der Waals surface area (Å²) in [6.07, 6.45) is 5.87. The number of fused-ring (bicyclic) bond motifs is 2. The van der Waals surface area contributed by atoms with E-state index in [4.69, 9.17) is 82.4 Å². The van der Waals surface area contributed by atoms with E-state index in [1.165, 1.54) is 34.1 Å². The molecule has 5 amide bonds. The largest absolute Gasteiger partial charge is 0.505 e. The van der Waals surface area contributed by atoms with Crippen molar-refractivity contribution in [3.63, 3.8) is 0 Å². The van der Waals surface area contributed by atoms with Crippen molar-refractivity contribution in [2.75, 3.05) is 164 Å². The van der Waals surface area contributed by atoms with Gasteiger partial charge in [0, 0.05) is 98.5 Å². The fourth-order valence-corrected chi connectivity index (χ4v) is 14.0. The van der Waals surface area contributed by atoms with Gasteiger partial charge in [-0.05, 0) is 80.7 Å². The maximum absolute atomic E-state index is 15.1. The molecule has 32 heteroatoms. The monoisotopic (exact) mass is 1650 g/mol. The van der Waals surface area contributed by atoms with Crippen molar-refractivity contribution in [1.82, 2.24) is 15.6 Å². The number of carbonyl (C=O) groups excluding carboxylic acids is 7. The number of amides is 5. The number of nitrogens with one attached hydrogen (secondary N) is 4. The number of anilines is 2. The van der Waals surface area contributed by atoms with Crippen LogP contribution in [0.1, 0.15) is 116 Å². The van der Waals surface area contributed by atoms with Crippen LogP contribution in [0.3, 0.4) is 0 Å². The lowest BCUT2D eigenvalue weighted by molar-refractivity contribution is -0.903. The number of benzene rings is 4. The number of allylic oxidation sites excluding steroid dienone is 2. The second-order valence-electron chi connectivity index (χ2n) is 31.1. The van der Waals surface area contributed by atoms with Crippen LogP contribution in [0, 0.1) is 48.3 Å². The minimum atomic E-state index is -2.08. The first-order valence-corrected chi connectivity index (χ1v) is 40.6. The van der Waals surface area contributed by atoms with Gasteiger partial charge in [-0.2, -0.15) is 0 Å². The molecule has 0 spiro atoms. The van der Waals surface area contributed by atoms with Crippen molar-refractivity contribution in [2.45, 2.75) is 139 Å². The average Bonchev–Trinajstić information content (AvgIpc) is 1.49. The molecular formula is C86H125N8O24+. The van der Waals surface area contributed by atoms with Crippen LogP contribution in [0.25, 0.3) is 33.0 Å². The number of aromatic nitrogens is 1. The van der Waals surface area contributed by atoms with Gasteiger partial charge in [-0.15, -0.1) is 0 Å². The summed E-state index contributed by atoms with van der Waals surface area (Å²) in [4.78, 5) is 115. The number of carbonyl (C=O) groups is 7. The number of rotatable bonds is 45. The normalized spacial score (nSPS) is 21.5. The number of hydrogen-bond donors (Lipinski definition) is 8. The fourth-order valence-electron chi connectivity index (χ4n) is 14.0. The predicted molar refractivity (Wildman–Crippen MR) is 443 cm³/mol. The lowest BCUT2D eigenvalue weighted by Crippen LogP contribution is -2.45. The molecule has 2 aliphatic rings. The molecule has 0 saturated heterocycles.